The minimum Gasteiger partial charge on any atom is -0.390 e. The average molecular weight is 193 g/mol. The number of hydrogen-bond donors (Lipinski definition) is 1. The molecule has 0 aliphatic rings. The molecule has 0 aliphatic heterocycles. The summed E-state index contributed by atoms with van der Waals surface area (Å²) in [6.07, 6.45) is 5.01. The van der Waals surface area contributed by atoms with Crippen molar-refractivity contribution >= 4 is 0 Å². The predicted molar refractivity (Wildman–Crippen MR) is 58.7 cm³/mol. The molecule has 0 radical (unpaired) electrons. The van der Waals surface area contributed by atoms with Crippen molar-refractivity contribution in [3.8, 4) is 6.07 Å². The molecule has 0 heterocycles. The predicted octanol–water partition coefficient (Wildman–Crippen LogP) is 2.95. The van der Waals surface area contributed by atoms with Gasteiger partial charge in [0.25, 0.3) is 0 Å². The third-order valence-corrected chi connectivity index (χ3v) is 2.07. The van der Waals surface area contributed by atoms with Crippen LogP contribution in [0.5, 0.6) is 0 Å². The molecule has 1 atom stereocenters. The van der Waals surface area contributed by atoms with Gasteiger partial charge in [0.15, 0.2) is 0 Å². The first-order valence-electron chi connectivity index (χ1n) is 4.89. The molecule has 0 spiro atoms. The van der Waals surface area contributed by atoms with Gasteiger partial charge in [0.2, 0.25) is 0 Å². The first-order valence-corrected chi connectivity index (χ1v) is 4.89. The number of hydrogen-bond acceptors (Lipinski definition) is 2. The van der Waals surface area contributed by atoms with Gasteiger partial charge in [0.1, 0.15) is 0 Å². The molecule has 1 unspecified atom stereocenters. The van der Waals surface area contributed by atoms with Crippen LogP contribution < -0.4 is 0 Å². The van der Waals surface area contributed by atoms with Gasteiger partial charge in [-0.15, -0.1) is 6.58 Å². The fourth-order valence-electron chi connectivity index (χ4n) is 1.45. The highest BCUT2D eigenvalue weighted by Gasteiger charge is 2.20. The zero-order valence-electron chi connectivity index (χ0n) is 8.92. The van der Waals surface area contributed by atoms with Crippen LogP contribution in [0.15, 0.2) is 24.8 Å². The van der Waals surface area contributed by atoms with Crippen LogP contribution in [-0.2, 0) is 0 Å². The second-order valence-electron chi connectivity index (χ2n) is 3.93. The Morgan fingerprint density at radius 3 is 2.79 bits per heavy atom. The van der Waals surface area contributed by atoms with E-state index in [9.17, 15) is 5.11 Å². The van der Waals surface area contributed by atoms with Gasteiger partial charge in [-0.05, 0) is 32.6 Å². The summed E-state index contributed by atoms with van der Waals surface area (Å²) in [7, 11) is 0. The minimum absolute atomic E-state index is 0.504. The number of nitriles is 1. The van der Waals surface area contributed by atoms with E-state index in [-0.39, 0.29) is 0 Å². The molecular formula is C12H19NO. The molecule has 0 aromatic rings. The highest BCUT2D eigenvalue weighted by Crippen LogP contribution is 2.23. The van der Waals surface area contributed by atoms with Crippen molar-refractivity contribution in [2.75, 3.05) is 0 Å². The van der Waals surface area contributed by atoms with Crippen molar-refractivity contribution in [1.82, 2.24) is 0 Å². The van der Waals surface area contributed by atoms with E-state index in [4.69, 9.17) is 5.26 Å². The summed E-state index contributed by atoms with van der Waals surface area (Å²) in [6.45, 7) is 9.27. The zero-order chi connectivity index (χ0) is 11.0. The van der Waals surface area contributed by atoms with Crippen LogP contribution in [0.1, 0.15) is 39.0 Å². The Labute approximate surface area is 86.6 Å². The molecule has 0 bridgehead atoms. The van der Waals surface area contributed by atoms with Gasteiger partial charge in [-0.25, -0.2) is 0 Å². The first kappa shape index (κ1) is 12.9. The minimum atomic E-state index is -0.725. The van der Waals surface area contributed by atoms with E-state index < -0.39 is 5.60 Å². The Morgan fingerprint density at radius 1 is 1.64 bits per heavy atom. The number of allylic oxidation sites excluding steroid dienone is 1. The van der Waals surface area contributed by atoms with Crippen molar-refractivity contribution in [2.45, 2.75) is 44.6 Å². The Kier molecular flexibility index (Phi) is 5.91. The molecule has 0 aliphatic carbocycles. The highest BCUT2D eigenvalue weighted by atomic mass is 16.3. The maximum Gasteiger partial charge on any atom is 0.0657 e. The van der Waals surface area contributed by atoms with Gasteiger partial charge in [0, 0.05) is 6.42 Å². The summed E-state index contributed by atoms with van der Waals surface area (Å²) in [5, 5.41) is 18.3. The average Bonchev–Trinajstić information content (AvgIpc) is 2.03. The molecule has 0 aromatic carbocycles. The number of rotatable bonds is 7. The molecule has 0 saturated carbocycles. The lowest BCUT2D eigenvalue weighted by atomic mass is 9.91. The van der Waals surface area contributed by atoms with Crippen molar-refractivity contribution in [1.29, 1.82) is 5.26 Å². The van der Waals surface area contributed by atoms with E-state index >= 15 is 0 Å². The third kappa shape index (κ3) is 6.45. The SMILES string of the molecule is C=CCC(=C)CC(C)(O)CCCC#N. The van der Waals surface area contributed by atoms with E-state index in [0.29, 0.717) is 19.3 Å². The Hall–Kier alpha value is -1.07. The monoisotopic (exact) mass is 193 g/mol. The number of nitrogens with zero attached hydrogens (tertiary/aromatic N) is 1. The molecule has 14 heavy (non-hydrogen) atoms. The van der Waals surface area contributed by atoms with E-state index in [1.807, 2.05) is 0 Å². The Morgan fingerprint density at radius 2 is 2.29 bits per heavy atom. The summed E-state index contributed by atoms with van der Waals surface area (Å²) in [4.78, 5) is 0. The molecule has 0 rings (SSSR count). The fourth-order valence-corrected chi connectivity index (χ4v) is 1.45. The standard InChI is InChI=1S/C12H19NO/c1-4-7-11(2)10-12(3,14)8-5-6-9-13/h4,14H,1-2,5-8,10H2,3H3. The normalized spacial score (nSPS) is 14.1. The van der Waals surface area contributed by atoms with Crippen molar-refractivity contribution in [3.05, 3.63) is 24.8 Å². The highest BCUT2D eigenvalue weighted by molar-refractivity contribution is 5.04. The zero-order valence-corrected chi connectivity index (χ0v) is 8.92. The molecule has 2 heteroatoms. The summed E-state index contributed by atoms with van der Waals surface area (Å²) >= 11 is 0. The first-order chi connectivity index (χ1) is 6.52. The van der Waals surface area contributed by atoms with Gasteiger partial charge in [-0.3, -0.25) is 0 Å². The smallest absolute Gasteiger partial charge is 0.0657 e. The molecule has 78 valence electrons. The third-order valence-electron chi connectivity index (χ3n) is 2.07. The maximum atomic E-state index is 9.93. The lowest BCUT2D eigenvalue weighted by Gasteiger charge is -2.23. The van der Waals surface area contributed by atoms with Crippen molar-refractivity contribution in [3.63, 3.8) is 0 Å². The quantitative estimate of drug-likeness (QED) is 0.499. The number of aliphatic hydroxyl groups is 1. The topological polar surface area (TPSA) is 44.0 Å². The van der Waals surface area contributed by atoms with Gasteiger partial charge < -0.3 is 5.11 Å². The Bertz CT molecular complexity index is 235. The van der Waals surface area contributed by atoms with Gasteiger partial charge >= 0.3 is 0 Å². The van der Waals surface area contributed by atoms with Crippen LogP contribution in [0, 0.1) is 11.3 Å². The van der Waals surface area contributed by atoms with Crippen molar-refractivity contribution < 1.29 is 5.11 Å². The van der Waals surface area contributed by atoms with E-state index in [2.05, 4.69) is 19.2 Å². The van der Waals surface area contributed by atoms with E-state index in [1.165, 1.54) is 0 Å². The molecule has 0 saturated heterocycles. The van der Waals surface area contributed by atoms with Crippen LogP contribution in [0.3, 0.4) is 0 Å². The van der Waals surface area contributed by atoms with Crippen LogP contribution in [-0.4, -0.2) is 10.7 Å². The maximum absolute atomic E-state index is 9.93. The molecule has 0 aromatic heterocycles. The molecule has 0 amide bonds. The van der Waals surface area contributed by atoms with Crippen molar-refractivity contribution in [2.24, 2.45) is 0 Å². The van der Waals surface area contributed by atoms with Crippen LogP contribution in [0.25, 0.3) is 0 Å². The summed E-state index contributed by atoms with van der Waals surface area (Å²) in [5.41, 5.74) is 0.263. The van der Waals surface area contributed by atoms with Gasteiger partial charge in [-0.2, -0.15) is 5.26 Å². The molecule has 2 nitrogen and oxygen atoms in total. The van der Waals surface area contributed by atoms with E-state index in [0.717, 1.165) is 18.4 Å². The van der Waals surface area contributed by atoms with Gasteiger partial charge in [-0.1, -0.05) is 18.2 Å². The van der Waals surface area contributed by atoms with Gasteiger partial charge in [0.05, 0.1) is 11.7 Å². The lowest BCUT2D eigenvalue weighted by Crippen LogP contribution is -2.24. The largest absolute Gasteiger partial charge is 0.390 e. The van der Waals surface area contributed by atoms with Crippen LogP contribution in [0.2, 0.25) is 0 Å². The van der Waals surface area contributed by atoms with E-state index in [1.54, 1.807) is 13.0 Å². The molecule has 0 fully saturated rings. The summed E-state index contributed by atoms with van der Waals surface area (Å²) < 4.78 is 0. The number of unbranched alkanes of at least 4 members (excludes halogenated alkanes) is 1. The van der Waals surface area contributed by atoms with Crippen LogP contribution in [0.4, 0.5) is 0 Å². The summed E-state index contributed by atoms with van der Waals surface area (Å²) in [6, 6.07) is 2.07. The fraction of sp³-hybridized carbons (Fsp3) is 0.583. The van der Waals surface area contributed by atoms with Crippen LogP contribution >= 0.6 is 0 Å². The molecule has 1 N–H and O–H groups in total. The second-order valence-corrected chi connectivity index (χ2v) is 3.93. The Balaban J connectivity index is 3.88. The lowest BCUT2D eigenvalue weighted by molar-refractivity contribution is 0.0493. The molecular weight excluding hydrogens is 174 g/mol. The second kappa shape index (κ2) is 6.39. The summed E-state index contributed by atoms with van der Waals surface area (Å²) in [5.74, 6) is 0.